The van der Waals surface area contributed by atoms with E-state index >= 15 is 0 Å². The van der Waals surface area contributed by atoms with Gasteiger partial charge in [0, 0.05) is 0 Å². The van der Waals surface area contributed by atoms with Crippen LogP contribution in [-0.4, -0.2) is 11.1 Å². The van der Waals surface area contributed by atoms with Gasteiger partial charge in [0.15, 0.2) is 0 Å². The van der Waals surface area contributed by atoms with Gasteiger partial charge in [-0.25, -0.2) is 0 Å². The van der Waals surface area contributed by atoms with Crippen LogP contribution in [0.25, 0.3) is 0 Å². The highest BCUT2D eigenvalue weighted by Crippen LogP contribution is 2.22. The molecule has 0 fully saturated rings. The van der Waals surface area contributed by atoms with Gasteiger partial charge in [0.2, 0.25) is 0 Å². The van der Waals surface area contributed by atoms with Gasteiger partial charge in [-0.3, -0.25) is 4.79 Å². The minimum atomic E-state index is -0.850. The van der Waals surface area contributed by atoms with E-state index in [1.165, 1.54) is 5.56 Å². The second-order valence-electron chi connectivity index (χ2n) is 5.39. The second kappa shape index (κ2) is 8.05. The first-order chi connectivity index (χ1) is 11.1. The van der Waals surface area contributed by atoms with E-state index in [-0.39, 0.29) is 12.3 Å². The molecule has 2 rings (SSSR count). The highest BCUT2D eigenvalue weighted by Gasteiger charge is 2.13. The molecule has 0 aliphatic rings. The van der Waals surface area contributed by atoms with Crippen LogP contribution in [0.1, 0.15) is 36.0 Å². The maximum Gasteiger partial charge on any atom is 0.304 e. The van der Waals surface area contributed by atoms with Crippen molar-refractivity contribution in [2.45, 2.75) is 32.8 Å². The summed E-state index contributed by atoms with van der Waals surface area (Å²) >= 11 is 0. The molecular formula is C20H20O3. The third-order valence-electron chi connectivity index (χ3n) is 3.47. The summed E-state index contributed by atoms with van der Waals surface area (Å²) in [7, 11) is 0. The van der Waals surface area contributed by atoms with Gasteiger partial charge in [-0.2, -0.15) is 0 Å². The Hall–Kier alpha value is -2.73. The molecule has 2 aromatic rings. The quantitative estimate of drug-likeness (QED) is 0.815. The van der Waals surface area contributed by atoms with Gasteiger partial charge >= 0.3 is 5.97 Å². The first kappa shape index (κ1) is 16.6. The molecule has 0 radical (unpaired) electrons. The van der Waals surface area contributed by atoms with Crippen molar-refractivity contribution in [3.05, 3.63) is 65.2 Å². The van der Waals surface area contributed by atoms with Gasteiger partial charge in [0.25, 0.3) is 0 Å². The lowest BCUT2D eigenvalue weighted by atomic mass is 9.96. The monoisotopic (exact) mass is 308 g/mol. The standard InChI is InChI=1S/C20H20O3/c1-3-5-18(13-20(21)22)17-8-10-19(11-9-17)23-14-16-7-4-6-15(2)12-16/h4,6-12,18H,13-14H2,1-2H3,(H,21,22)/t18-/m0/s1. The zero-order valence-electron chi connectivity index (χ0n) is 13.4. The van der Waals surface area contributed by atoms with Crippen molar-refractivity contribution >= 4 is 5.97 Å². The van der Waals surface area contributed by atoms with Crippen molar-refractivity contribution in [2.75, 3.05) is 0 Å². The number of carbonyl (C=O) groups is 1. The maximum absolute atomic E-state index is 10.9. The summed E-state index contributed by atoms with van der Waals surface area (Å²) < 4.78 is 5.77. The van der Waals surface area contributed by atoms with Crippen LogP contribution in [0.3, 0.4) is 0 Å². The van der Waals surface area contributed by atoms with E-state index in [2.05, 4.69) is 30.9 Å². The molecule has 23 heavy (non-hydrogen) atoms. The third kappa shape index (κ3) is 5.19. The SMILES string of the molecule is CC#C[C@@H](CC(=O)O)c1ccc(OCc2cccc(C)c2)cc1. The van der Waals surface area contributed by atoms with Crippen LogP contribution in [0.5, 0.6) is 5.75 Å². The molecular weight excluding hydrogens is 288 g/mol. The van der Waals surface area contributed by atoms with Crippen molar-refractivity contribution < 1.29 is 14.6 Å². The Labute approximate surface area is 136 Å². The Morgan fingerprint density at radius 3 is 2.57 bits per heavy atom. The Kier molecular flexibility index (Phi) is 5.82. The van der Waals surface area contributed by atoms with E-state index < -0.39 is 5.97 Å². The van der Waals surface area contributed by atoms with Crippen LogP contribution >= 0.6 is 0 Å². The van der Waals surface area contributed by atoms with Crippen LogP contribution < -0.4 is 4.74 Å². The average Bonchev–Trinajstić information content (AvgIpc) is 2.53. The summed E-state index contributed by atoms with van der Waals surface area (Å²) in [6, 6.07) is 15.7. The van der Waals surface area contributed by atoms with Gasteiger partial charge in [0.05, 0.1) is 12.3 Å². The summed E-state index contributed by atoms with van der Waals surface area (Å²) in [6.45, 7) is 4.28. The number of hydrogen-bond acceptors (Lipinski definition) is 2. The van der Waals surface area contributed by atoms with Crippen LogP contribution in [0.4, 0.5) is 0 Å². The lowest BCUT2D eigenvalue weighted by Crippen LogP contribution is -2.04. The summed E-state index contributed by atoms with van der Waals surface area (Å²) in [6.07, 6.45) is 0.00430. The number of rotatable bonds is 6. The molecule has 0 spiro atoms. The Bertz CT molecular complexity index is 721. The van der Waals surface area contributed by atoms with E-state index in [9.17, 15) is 4.79 Å². The number of carboxylic acids is 1. The molecule has 0 unspecified atom stereocenters. The number of aryl methyl sites for hydroxylation is 1. The molecule has 0 saturated carbocycles. The molecule has 0 bridgehead atoms. The lowest BCUT2D eigenvalue weighted by Gasteiger charge is -2.11. The fraction of sp³-hybridized carbons (Fsp3) is 0.250. The van der Waals surface area contributed by atoms with Gasteiger partial charge in [-0.1, -0.05) is 47.9 Å². The molecule has 3 nitrogen and oxygen atoms in total. The molecule has 2 aromatic carbocycles. The minimum absolute atomic E-state index is 0.00430. The van der Waals surface area contributed by atoms with Crippen molar-refractivity contribution in [3.8, 4) is 17.6 Å². The maximum atomic E-state index is 10.9. The molecule has 0 heterocycles. The number of hydrogen-bond donors (Lipinski definition) is 1. The van der Waals surface area contributed by atoms with E-state index in [1.807, 2.05) is 36.4 Å². The summed E-state index contributed by atoms with van der Waals surface area (Å²) in [5.74, 6) is 5.36. The number of ether oxygens (including phenoxy) is 1. The van der Waals surface area contributed by atoms with E-state index in [0.29, 0.717) is 6.61 Å². The Morgan fingerprint density at radius 2 is 1.96 bits per heavy atom. The van der Waals surface area contributed by atoms with Gasteiger partial charge in [-0.15, -0.1) is 5.92 Å². The van der Waals surface area contributed by atoms with Gasteiger partial charge < -0.3 is 9.84 Å². The van der Waals surface area contributed by atoms with Crippen molar-refractivity contribution in [1.29, 1.82) is 0 Å². The molecule has 0 aromatic heterocycles. The van der Waals surface area contributed by atoms with E-state index in [1.54, 1.807) is 6.92 Å². The highest BCUT2D eigenvalue weighted by molar-refractivity contribution is 5.69. The molecule has 0 amide bonds. The highest BCUT2D eigenvalue weighted by atomic mass is 16.5. The summed E-state index contributed by atoms with van der Waals surface area (Å²) in [4.78, 5) is 10.9. The fourth-order valence-corrected chi connectivity index (χ4v) is 2.37. The largest absolute Gasteiger partial charge is 0.489 e. The lowest BCUT2D eigenvalue weighted by molar-refractivity contribution is -0.137. The number of benzene rings is 2. The normalized spacial score (nSPS) is 11.2. The molecule has 0 saturated heterocycles. The first-order valence-corrected chi connectivity index (χ1v) is 7.51. The molecule has 1 N–H and O–H groups in total. The molecule has 3 heteroatoms. The third-order valence-corrected chi connectivity index (χ3v) is 3.47. The van der Waals surface area contributed by atoms with Crippen LogP contribution in [0, 0.1) is 18.8 Å². The van der Waals surface area contributed by atoms with Crippen molar-refractivity contribution in [2.24, 2.45) is 0 Å². The van der Waals surface area contributed by atoms with Gasteiger partial charge in [-0.05, 0) is 37.1 Å². The Morgan fingerprint density at radius 1 is 1.22 bits per heavy atom. The molecule has 1 atom stereocenters. The number of carboxylic acid groups (broad SMARTS) is 1. The minimum Gasteiger partial charge on any atom is -0.489 e. The first-order valence-electron chi connectivity index (χ1n) is 7.51. The van der Waals surface area contributed by atoms with Crippen LogP contribution in [-0.2, 0) is 11.4 Å². The van der Waals surface area contributed by atoms with Crippen LogP contribution in [0.2, 0.25) is 0 Å². The zero-order valence-corrected chi connectivity index (χ0v) is 13.4. The second-order valence-corrected chi connectivity index (χ2v) is 5.39. The van der Waals surface area contributed by atoms with Crippen molar-refractivity contribution in [3.63, 3.8) is 0 Å². The molecule has 0 aliphatic heterocycles. The van der Waals surface area contributed by atoms with Crippen molar-refractivity contribution in [1.82, 2.24) is 0 Å². The molecule has 0 aliphatic carbocycles. The topological polar surface area (TPSA) is 46.5 Å². The smallest absolute Gasteiger partial charge is 0.304 e. The fourth-order valence-electron chi connectivity index (χ4n) is 2.37. The summed E-state index contributed by atoms with van der Waals surface area (Å²) in [5.41, 5.74) is 3.22. The summed E-state index contributed by atoms with van der Waals surface area (Å²) in [5, 5.41) is 8.97. The zero-order chi connectivity index (χ0) is 16.7. The average molecular weight is 308 g/mol. The van der Waals surface area contributed by atoms with E-state index in [0.717, 1.165) is 16.9 Å². The van der Waals surface area contributed by atoms with E-state index in [4.69, 9.17) is 9.84 Å². The molecule has 118 valence electrons. The van der Waals surface area contributed by atoms with Crippen LogP contribution in [0.15, 0.2) is 48.5 Å². The number of aliphatic carboxylic acids is 1. The van der Waals surface area contributed by atoms with Gasteiger partial charge in [0.1, 0.15) is 12.4 Å². The predicted octanol–water partition coefficient (Wildman–Crippen LogP) is 4.16. The Balaban J connectivity index is 2.03. The predicted molar refractivity (Wildman–Crippen MR) is 90.4 cm³/mol.